The smallest absolute Gasteiger partial charge is 0.0720 e. The van der Waals surface area contributed by atoms with E-state index in [4.69, 9.17) is 0 Å². The second kappa shape index (κ2) is 16.9. The predicted molar refractivity (Wildman–Crippen MR) is 115 cm³/mol. The van der Waals surface area contributed by atoms with Crippen molar-refractivity contribution in [2.75, 3.05) is 69.0 Å². The van der Waals surface area contributed by atoms with Crippen LogP contribution in [0.4, 0.5) is 0 Å². The second-order valence-electron chi connectivity index (χ2n) is 4.61. The first-order valence-corrected chi connectivity index (χ1v) is 14.5. The average Bonchev–Trinajstić information content (AvgIpc) is 2.48. The summed E-state index contributed by atoms with van der Waals surface area (Å²) in [6.07, 6.45) is 1.25. The van der Waals surface area contributed by atoms with Gasteiger partial charge in [-0.25, -0.2) is 0 Å². The van der Waals surface area contributed by atoms with Gasteiger partial charge in [0.15, 0.2) is 0 Å². The fraction of sp³-hybridized carbons (Fsp3) is 1.00. The van der Waals surface area contributed by atoms with E-state index in [-0.39, 0.29) is 6.10 Å². The maximum atomic E-state index is 9.91. The van der Waals surface area contributed by atoms with E-state index in [1.165, 1.54) is 63.9 Å². The van der Waals surface area contributed by atoms with Crippen molar-refractivity contribution in [1.29, 1.82) is 0 Å². The summed E-state index contributed by atoms with van der Waals surface area (Å²) in [5.74, 6) is 14.5. The van der Waals surface area contributed by atoms with Crippen LogP contribution in [0, 0.1) is 0 Å². The molecule has 1 fully saturated rings. The van der Waals surface area contributed by atoms with Gasteiger partial charge in [0.05, 0.1) is 6.10 Å². The molecule has 0 radical (unpaired) electrons. The summed E-state index contributed by atoms with van der Waals surface area (Å²) < 4.78 is 0. The molecule has 1 saturated heterocycles. The average molecular weight is 405 g/mol. The third-order valence-electron chi connectivity index (χ3n) is 2.69. The van der Waals surface area contributed by atoms with Crippen LogP contribution in [0.1, 0.15) is 6.42 Å². The predicted octanol–water partition coefficient (Wildman–Crippen LogP) is 4.15. The zero-order valence-electron chi connectivity index (χ0n) is 12.7. The molecule has 1 aliphatic heterocycles. The molecule has 0 aromatic heterocycles. The molecule has 1 N–H and O–H groups in total. The number of aliphatic hydroxyl groups excluding tert-OH is 1. The molecule has 126 valence electrons. The number of hydrogen-bond donors (Lipinski definition) is 1. The van der Waals surface area contributed by atoms with E-state index >= 15 is 0 Å². The van der Waals surface area contributed by atoms with Crippen molar-refractivity contribution >= 4 is 70.6 Å². The molecule has 1 heterocycles. The number of thioether (sulfide) groups is 6. The highest BCUT2D eigenvalue weighted by Gasteiger charge is 2.04. The van der Waals surface area contributed by atoms with Crippen LogP contribution in [0.3, 0.4) is 0 Å². The Morgan fingerprint density at radius 1 is 0.476 bits per heavy atom. The van der Waals surface area contributed by atoms with Gasteiger partial charge in [0.1, 0.15) is 0 Å². The fourth-order valence-corrected chi connectivity index (χ4v) is 8.36. The summed E-state index contributed by atoms with van der Waals surface area (Å²) in [7, 11) is 0. The van der Waals surface area contributed by atoms with Crippen LogP contribution in [0.5, 0.6) is 0 Å². The molecule has 0 aromatic rings. The van der Waals surface area contributed by atoms with Crippen LogP contribution in [-0.4, -0.2) is 80.2 Å². The van der Waals surface area contributed by atoms with Gasteiger partial charge in [-0.15, -0.1) is 0 Å². The maximum Gasteiger partial charge on any atom is 0.0720 e. The highest BCUT2D eigenvalue weighted by Crippen LogP contribution is 2.16. The number of rotatable bonds is 0. The van der Waals surface area contributed by atoms with Crippen molar-refractivity contribution in [3.8, 4) is 0 Å². The summed E-state index contributed by atoms with van der Waals surface area (Å²) in [5.41, 5.74) is 0. The Morgan fingerprint density at radius 3 is 1.24 bits per heavy atom. The summed E-state index contributed by atoms with van der Waals surface area (Å²) in [6.45, 7) is 0. The molecule has 0 aliphatic carbocycles. The van der Waals surface area contributed by atoms with Crippen LogP contribution >= 0.6 is 70.6 Å². The van der Waals surface area contributed by atoms with Crippen LogP contribution in [0.15, 0.2) is 0 Å². The summed E-state index contributed by atoms with van der Waals surface area (Å²) in [5, 5.41) is 9.91. The molecule has 1 aliphatic rings. The molecular formula is C14H28OS6. The first-order chi connectivity index (χ1) is 10.4. The molecule has 0 aromatic carbocycles. The van der Waals surface area contributed by atoms with Crippen LogP contribution in [0.25, 0.3) is 0 Å². The minimum Gasteiger partial charge on any atom is -0.391 e. The molecule has 21 heavy (non-hydrogen) atoms. The van der Waals surface area contributed by atoms with Gasteiger partial charge in [-0.3, -0.25) is 0 Å². The van der Waals surface area contributed by atoms with E-state index in [9.17, 15) is 5.11 Å². The minimum atomic E-state index is -0.119. The molecule has 7 heteroatoms. The molecule has 0 atom stereocenters. The standard InChI is InChI=1S/C14H28OS6/c15-14-12-20-10-8-18-6-4-16-2-1-3-17-5-7-19-9-11-21-13-14/h14-15H,1-13H2. The van der Waals surface area contributed by atoms with Crippen molar-refractivity contribution in [3.63, 3.8) is 0 Å². The van der Waals surface area contributed by atoms with Gasteiger partial charge in [-0.05, 0) is 17.9 Å². The van der Waals surface area contributed by atoms with Gasteiger partial charge in [0.2, 0.25) is 0 Å². The first kappa shape index (κ1) is 21.1. The molecule has 0 amide bonds. The van der Waals surface area contributed by atoms with Crippen molar-refractivity contribution in [3.05, 3.63) is 0 Å². The van der Waals surface area contributed by atoms with Crippen LogP contribution < -0.4 is 0 Å². The molecule has 0 saturated carbocycles. The lowest BCUT2D eigenvalue weighted by molar-refractivity contribution is 0.225. The van der Waals surface area contributed by atoms with Gasteiger partial charge in [0, 0.05) is 57.5 Å². The Morgan fingerprint density at radius 2 is 0.810 bits per heavy atom. The van der Waals surface area contributed by atoms with Crippen LogP contribution in [0.2, 0.25) is 0 Å². The van der Waals surface area contributed by atoms with Crippen molar-refractivity contribution < 1.29 is 5.11 Å². The summed E-state index contributed by atoms with van der Waals surface area (Å²) >= 11 is 12.2. The van der Waals surface area contributed by atoms with E-state index in [1.54, 1.807) is 0 Å². The van der Waals surface area contributed by atoms with E-state index in [1.807, 2.05) is 23.5 Å². The third kappa shape index (κ3) is 15.3. The largest absolute Gasteiger partial charge is 0.391 e. The molecule has 1 rings (SSSR count). The fourth-order valence-electron chi connectivity index (χ4n) is 1.63. The lowest BCUT2D eigenvalue weighted by Gasteiger charge is -2.10. The Bertz CT molecular complexity index is 200. The Balaban J connectivity index is 2.08. The van der Waals surface area contributed by atoms with E-state index in [0.717, 1.165) is 11.5 Å². The lowest BCUT2D eigenvalue weighted by Crippen LogP contribution is -2.14. The third-order valence-corrected chi connectivity index (χ3v) is 10.1. The highest BCUT2D eigenvalue weighted by molar-refractivity contribution is 8.05. The Kier molecular flexibility index (Phi) is 17.0. The molecule has 1 nitrogen and oxygen atoms in total. The van der Waals surface area contributed by atoms with Gasteiger partial charge >= 0.3 is 0 Å². The highest BCUT2D eigenvalue weighted by atomic mass is 32.2. The monoisotopic (exact) mass is 404 g/mol. The quantitative estimate of drug-likeness (QED) is 0.646. The first-order valence-electron chi connectivity index (χ1n) is 7.54. The van der Waals surface area contributed by atoms with Crippen molar-refractivity contribution in [2.24, 2.45) is 0 Å². The summed E-state index contributed by atoms with van der Waals surface area (Å²) in [4.78, 5) is 0. The molecule has 0 spiro atoms. The van der Waals surface area contributed by atoms with Crippen molar-refractivity contribution in [1.82, 2.24) is 0 Å². The number of hydrogen-bond acceptors (Lipinski definition) is 7. The van der Waals surface area contributed by atoms with Crippen LogP contribution in [-0.2, 0) is 0 Å². The van der Waals surface area contributed by atoms with Gasteiger partial charge in [0.25, 0.3) is 0 Å². The number of aliphatic hydroxyl groups is 1. The van der Waals surface area contributed by atoms with Gasteiger partial charge < -0.3 is 5.11 Å². The lowest BCUT2D eigenvalue weighted by atomic mass is 10.5. The molecular weight excluding hydrogens is 377 g/mol. The Hall–Kier alpha value is 2.06. The maximum absolute atomic E-state index is 9.91. The summed E-state index contributed by atoms with van der Waals surface area (Å²) in [6, 6.07) is 0. The van der Waals surface area contributed by atoms with E-state index in [2.05, 4.69) is 47.0 Å². The van der Waals surface area contributed by atoms with Gasteiger partial charge in [-0.2, -0.15) is 70.6 Å². The SMILES string of the molecule is OC1CSCCSCCSCCCSCCSCCSC1. The van der Waals surface area contributed by atoms with E-state index in [0.29, 0.717) is 0 Å². The molecule has 0 bridgehead atoms. The normalized spacial score (nSPS) is 24.4. The van der Waals surface area contributed by atoms with Gasteiger partial charge in [-0.1, -0.05) is 0 Å². The topological polar surface area (TPSA) is 20.2 Å². The zero-order chi connectivity index (χ0) is 15.0. The molecule has 0 unspecified atom stereocenters. The minimum absolute atomic E-state index is 0.119. The second-order valence-corrected chi connectivity index (χ2v) is 11.8. The zero-order valence-corrected chi connectivity index (χ0v) is 17.6. The van der Waals surface area contributed by atoms with Crippen molar-refractivity contribution in [2.45, 2.75) is 12.5 Å². The Labute approximate surface area is 156 Å². The van der Waals surface area contributed by atoms with E-state index < -0.39 is 0 Å².